The van der Waals surface area contributed by atoms with Crippen molar-refractivity contribution < 1.29 is 17.6 Å². The Morgan fingerprint density at radius 2 is 2.00 bits per heavy atom. The van der Waals surface area contributed by atoms with Crippen LogP contribution in [-0.2, 0) is 12.6 Å². The summed E-state index contributed by atoms with van der Waals surface area (Å²) < 4.78 is 42.3. The van der Waals surface area contributed by atoms with E-state index in [9.17, 15) is 13.2 Å². The van der Waals surface area contributed by atoms with Crippen LogP contribution in [-0.4, -0.2) is 18.1 Å². The monoisotopic (exact) mass is 248 g/mol. The number of rotatable bonds is 2. The highest BCUT2D eigenvalue weighted by molar-refractivity contribution is 5.11. The molecule has 17 heavy (non-hydrogen) atoms. The van der Waals surface area contributed by atoms with E-state index in [1.54, 1.807) is 0 Å². The molecule has 3 nitrogen and oxygen atoms in total. The van der Waals surface area contributed by atoms with Gasteiger partial charge in [-0.3, -0.25) is 0 Å². The summed E-state index contributed by atoms with van der Waals surface area (Å²) in [5.41, 5.74) is -0.0681. The van der Waals surface area contributed by atoms with E-state index in [0.717, 1.165) is 25.9 Å². The Morgan fingerprint density at radius 1 is 1.35 bits per heavy atom. The molecule has 0 aromatic carbocycles. The summed E-state index contributed by atoms with van der Waals surface area (Å²) in [6, 6.07) is 0. The number of nitrogens with one attached hydrogen (secondary N) is 1. The van der Waals surface area contributed by atoms with Gasteiger partial charge in [-0.05, 0) is 38.8 Å². The maximum absolute atomic E-state index is 12.5. The molecular formula is C11H15F3N2O. The Labute approximate surface area is 97.4 Å². The normalized spacial score (nSPS) is 18.6. The van der Waals surface area contributed by atoms with Gasteiger partial charge in [-0.15, -0.1) is 0 Å². The van der Waals surface area contributed by atoms with E-state index in [2.05, 4.69) is 10.3 Å². The van der Waals surface area contributed by atoms with Crippen molar-refractivity contribution in [3.05, 3.63) is 17.3 Å². The lowest BCUT2D eigenvalue weighted by Gasteiger charge is -2.20. The van der Waals surface area contributed by atoms with E-state index in [4.69, 9.17) is 4.42 Å². The van der Waals surface area contributed by atoms with Gasteiger partial charge in [0.15, 0.2) is 5.89 Å². The van der Waals surface area contributed by atoms with Crippen molar-refractivity contribution >= 4 is 0 Å². The molecule has 0 spiro atoms. The topological polar surface area (TPSA) is 38.1 Å². The zero-order valence-electron chi connectivity index (χ0n) is 9.60. The van der Waals surface area contributed by atoms with Crippen LogP contribution in [0, 0.1) is 12.8 Å². The molecule has 1 fully saturated rings. The second-order valence-corrected chi connectivity index (χ2v) is 4.42. The van der Waals surface area contributed by atoms with Crippen LogP contribution in [0.4, 0.5) is 13.2 Å². The van der Waals surface area contributed by atoms with E-state index >= 15 is 0 Å². The summed E-state index contributed by atoms with van der Waals surface area (Å²) in [7, 11) is 0. The highest BCUT2D eigenvalue weighted by Crippen LogP contribution is 2.33. The molecule has 2 rings (SSSR count). The maximum atomic E-state index is 12.5. The van der Waals surface area contributed by atoms with Gasteiger partial charge < -0.3 is 9.73 Å². The number of nitrogens with zero attached hydrogens (tertiary/aromatic N) is 1. The van der Waals surface area contributed by atoms with E-state index in [1.807, 2.05) is 0 Å². The lowest BCUT2D eigenvalue weighted by atomic mass is 9.95. The van der Waals surface area contributed by atoms with Crippen LogP contribution in [0.5, 0.6) is 0 Å². The summed E-state index contributed by atoms with van der Waals surface area (Å²) >= 11 is 0. The van der Waals surface area contributed by atoms with Gasteiger partial charge in [0.25, 0.3) is 0 Å². The molecule has 0 radical (unpaired) electrons. The van der Waals surface area contributed by atoms with Crippen LogP contribution in [0.3, 0.4) is 0 Å². The van der Waals surface area contributed by atoms with E-state index in [1.165, 1.54) is 6.92 Å². The van der Waals surface area contributed by atoms with Gasteiger partial charge in [0.2, 0.25) is 5.76 Å². The summed E-state index contributed by atoms with van der Waals surface area (Å²) in [4.78, 5) is 3.86. The lowest BCUT2D eigenvalue weighted by Crippen LogP contribution is -2.28. The second kappa shape index (κ2) is 4.68. The van der Waals surface area contributed by atoms with Crippen molar-refractivity contribution in [1.82, 2.24) is 10.3 Å². The van der Waals surface area contributed by atoms with Gasteiger partial charge >= 0.3 is 6.18 Å². The Balaban J connectivity index is 2.06. The van der Waals surface area contributed by atoms with Gasteiger partial charge in [0.1, 0.15) is 0 Å². The maximum Gasteiger partial charge on any atom is 0.451 e. The third-order valence-corrected chi connectivity index (χ3v) is 3.02. The molecule has 1 saturated heterocycles. The van der Waals surface area contributed by atoms with Crippen LogP contribution in [0.1, 0.15) is 30.2 Å². The first-order chi connectivity index (χ1) is 7.97. The number of hydrogen-bond donors (Lipinski definition) is 1. The van der Waals surface area contributed by atoms with Gasteiger partial charge in [0, 0.05) is 6.42 Å². The summed E-state index contributed by atoms with van der Waals surface area (Å²) in [5, 5.41) is 3.21. The van der Waals surface area contributed by atoms with Crippen LogP contribution in [0.25, 0.3) is 0 Å². The van der Waals surface area contributed by atoms with E-state index in [-0.39, 0.29) is 11.6 Å². The fourth-order valence-electron chi connectivity index (χ4n) is 2.14. The molecule has 96 valence electrons. The van der Waals surface area contributed by atoms with Gasteiger partial charge in [0.05, 0.1) is 5.69 Å². The van der Waals surface area contributed by atoms with E-state index < -0.39 is 11.9 Å². The second-order valence-electron chi connectivity index (χ2n) is 4.42. The highest BCUT2D eigenvalue weighted by atomic mass is 19.4. The summed E-state index contributed by atoms with van der Waals surface area (Å²) in [6.45, 7) is 3.16. The molecule has 0 amide bonds. The molecular weight excluding hydrogens is 233 g/mol. The van der Waals surface area contributed by atoms with Crippen molar-refractivity contribution in [3.8, 4) is 0 Å². The minimum Gasteiger partial charge on any atom is -0.436 e. The fourth-order valence-corrected chi connectivity index (χ4v) is 2.14. The largest absolute Gasteiger partial charge is 0.451 e. The standard InChI is InChI=1S/C11H15F3N2O/c1-7-10(11(12,13)14)17-9(16-7)6-8-2-4-15-5-3-8/h8,15H,2-6H2,1H3. The average molecular weight is 248 g/mol. The predicted molar refractivity (Wildman–Crippen MR) is 55.5 cm³/mol. The zero-order valence-corrected chi connectivity index (χ0v) is 9.60. The number of oxazole rings is 1. The molecule has 0 unspecified atom stereocenters. The molecule has 2 heterocycles. The van der Waals surface area contributed by atoms with Crippen LogP contribution in [0.2, 0.25) is 0 Å². The van der Waals surface area contributed by atoms with E-state index in [0.29, 0.717) is 12.3 Å². The Morgan fingerprint density at radius 3 is 2.53 bits per heavy atom. The summed E-state index contributed by atoms with van der Waals surface area (Å²) in [5.74, 6) is -0.376. The van der Waals surface area contributed by atoms with Gasteiger partial charge in [-0.25, -0.2) is 4.98 Å². The predicted octanol–water partition coefficient (Wildman–Crippen LogP) is 2.54. The fraction of sp³-hybridized carbons (Fsp3) is 0.727. The van der Waals surface area contributed by atoms with Crippen LogP contribution >= 0.6 is 0 Å². The zero-order chi connectivity index (χ0) is 12.5. The first-order valence-electron chi connectivity index (χ1n) is 5.71. The molecule has 0 saturated carbocycles. The third-order valence-electron chi connectivity index (χ3n) is 3.02. The molecule has 1 aliphatic heterocycles. The molecule has 6 heteroatoms. The van der Waals surface area contributed by atoms with Crippen molar-refractivity contribution in [2.45, 2.75) is 32.4 Å². The Kier molecular flexibility index (Phi) is 3.42. The molecule has 1 aliphatic rings. The minimum absolute atomic E-state index is 0.0681. The first kappa shape index (κ1) is 12.4. The lowest BCUT2D eigenvalue weighted by molar-refractivity contribution is -0.154. The SMILES string of the molecule is Cc1nc(CC2CCNCC2)oc1C(F)(F)F. The van der Waals surface area contributed by atoms with Crippen molar-refractivity contribution in [2.75, 3.05) is 13.1 Å². The Bertz CT molecular complexity index is 381. The smallest absolute Gasteiger partial charge is 0.436 e. The third kappa shape index (κ3) is 3.00. The molecule has 1 aromatic heterocycles. The first-order valence-corrected chi connectivity index (χ1v) is 5.71. The van der Waals surface area contributed by atoms with Crippen molar-refractivity contribution in [1.29, 1.82) is 0 Å². The van der Waals surface area contributed by atoms with Crippen LogP contribution in [0.15, 0.2) is 4.42 Å². The van der Waals surface area contributed by atoms with Gasteiger partial charge in [-0.1, -0.05) is 0 Å². The number of hydrogen-bond acceptors (Lipinski definition) is 3. The highest BCUT2D eigenvalue weighted by Gasteiger charge is 2.38. The van der Waals surface area contributed by atoms with Gasteiger partial charge in [-0.2, -0.15) is 13.2 Å². The number of piperidine rings is 1. The van der Waals surface area contributed by atoms with Crippen molar-refractivity contribution in [2.24, 2.45) is 5.92 Å². The quantitative estimate of drug-likeness (QED) is 0.874. The molecule has 1 aromatic rings. The minimum atomic E-state index is -4.44. The summed E-state index contributed by atoms with van der Waals surface area (Å²) in [6.07, 6.45) is -2.02. The Hall–Kier alpha value is -1.04. The molecule has 1 N–H and O–H groups in total. The van der Waals surface area contributed by atoms with Crippen LogP contribution < -0.4 is 5.32 Å². The number of aromatic nitrogens is 1. The molecule has 0 atom stereocenters. The average Bonchev–Trinajstić information content (AvgIpc) is 2.60. The number of alkyl halides is 3. The molecule has 0 bridgehead atoms. The van der Waals surface area contributed by atoms with Crippen molar-refractivity contribution in [3.63, 3.8) is 0 Å². The number of aryl methyl sites for hydroxylation is 1. The number of halogens is 3. The molecule has 0 aliphatic carbocycles.